The Labute approximate surface area is 105 Å². The van der Waals surface area contributed by atoms with E-state index in [0.717, 1.165) is 4.57 Å². The number of nitrogens with two attached hydrogens (primary N) is 1. The number of nitrogens with one attached hydrogen (secondary N) is 2. The maximum atomic E-state index is 12.1. The quantitative estimate of drug-likeness (QED) is 0.690. The van der Waals surface area contributed by atoms with E-state index in [1.807, 2.05) is 10.3 Å². The van der Waals surface area contributed by atoms with Crippen LogP contribution in [0.3, 0.4) is 0 Å². The molecule has 0 atom stereocenters. The molecule has 0 aliphatic carbocycles. The maximum Gasteiger partial charge on any atom is 0.405 e. The molecular weight excluding hydrogens is 269 g/mol. The van der Waals surface area contributed by atoms with Crippen molar-refractivity contribution in [1.29, 1.82) is 0 Å². The van der Waals surface area contributed by atoms with E-state index in [1.165, 1.54) is 7.11 Å². The Morgan fingerprint density at radius 2 is 2.05 bits per heavy atom. The van der Waals surface area contributed by atoms with Gasteiger partial charge in [-0.1, -0.05) is 0 Å². The third-order valence-corrected chi connectivity index (χ3v) is 2.22. The lowest BCUT2D eigenvalue weighted by Gasteiger charge is -2.14. The molecule has 0 bridgehead atoms. The fourth-order valence-electron chi connectivity index (χ4n) is 1.35. The van der Waals surface area contributed by atoms with E-state index in [0.29, 0.717) is 0 Å². The molecule has 0 saturated carbocycles. The standard InChI is InChI=1S/C9H13F3N4O3/c1-19-3-2-16-6(13)5(7(17)15-8(16)18)14-4-9(10,11)12/h14H,2-4,13H2,1H3,(H,15,17,18). The average Bonchev–Trinajstić information content (AvgIpc) is 2.26. The molecule has 7 nitrogen and oxygen atoms in total. The SMILES string of the molecule is COCCn1c(N)c(NCC(F)(F)F)c(=O)[nH]c1=O. The Balaban J connectivity index is 3.10. The van der Waals surface area contributed by atoms with Crippen molar-refractivity contribution in [3.63, 3.8) is 0 Å². The first-order chi connectivity index (χ1) is 8.76. The van der Waals surface area contributed by atoms with Crippen LogP contribution in [-0.2, 0) is 11.3 Å². The van der Waals surface area contributed by atoms with Crippen LogP contribution < -0.4 is 22.3 Å². The minimum absolute atomic E-state index is 0.0125. The van der Waals surface area contributed by atoms with Crippen LogP contribution in [-0.4, -0.2) is 36.0 Å². The molecule has 10 heteroatoms. The van der Waals surface area contributed by atoms with Crippen molar-refractivity contribution in [2.45, 2.75) is 12.7 Å². The van der Waals surface area contributed by atoms with Gasteiger partial charge >= 0.3 is 11.9 Å². The van der Waals surface area contributed by atoms with Gasteiger partial charge in [0, 0.05) is 7.11 Å². The first kappa shape index (κ1) is 15.1. The normalized spacial score (nSPS) is 11.6. The minimum atomic E-state index is -4.51. The van der Waals surface area contributed by atoms with Gasteiger partial charge in [0.1, 0.15) is 18.1 Å². The molecule has 0 saturated heterocycles. The molecule has 0 fully saturated rings. The number of hydrogen-bond acceptors (Lipinski definition) is 5. The molecule has 0 radical (unpaired) electrons. The lowest BCUT2D eigenvalue weighted by atomic mass is 10.4. The first-order valence-electron chi connectivity index (χ1n) is 5.18. The zero-order valence-corrected chi connectivity index (χ0v) is 10.0. The summed E-state index contributed by atoms with van der Waals surface area (Å²) in [5.41, 5.74) is 3.21. The summed E-state index contributed by atoms with van der Waals surface area (Å²) >= 11 is 0. The van der Waals surface area contributed by atoms with Gasteiger partial charge in [0.05, 0.1) is 13.2 Å². The van der Waals surface area contributed by atoms with Gasteiger partial charge in [0.15, 0.2) is 0 Å². The van der Waals surface area contributed by atoms with Gasteiger partial charge in [-0.25, -0.2) is 4.79 Å². The van der Waals surface area contributed by atoms with E-state index in [-0.39, 0.29) is 19.0 Å². The Bertz CT molecular complexity index is 549. The maximum absolute atomic E-state index is 12.1. The average molecular weight is 282 g/mol. The molecule has 0 aromatic carbocycles. The van der Waals surface area contributed by atoms with Crippen LogP contribution >= 0.6 is 0 Å². The highest BCUT2D eigenvalue weighted by atomic mass is 19.4. The molecule has 1 aromatic rings. The topological polar surface area (TPSA) is 102 Å². The van der Waals surface area contributed by atoms with E-state index >= 15 is 0 Å². The van der Waals surface area contributed by atoms with Gasteiger partial charge in [-0.15, -0.1) is 0 Å². The predicted molar refractivity (Wildman–Crippen MR) is 62.2 cm³/mol. The Morgan fingerprint density at radius 1 is 1.42 bits per heavy atom. The second-order valence-corrected chi connectivity index (χ2v) is 3.63. The van der Waals surface area contributed by atoms with Crippen LogP contribution in [0.1, 0.15) is 0 Å². The predicted octanol–water partition coefficient (Wildman–Crippen LogP) is -0.261. The second kappa shape index (κ2) is 5.78. The van der Waals surface area contributed by atoms with E-state index in [9.17, 15) is 22.8 Å². The summed E-state index contributed by atoms with van der Waals surface area (Å²) in [5.74, 6) is -0.366. The number of nitrogens with zero attached hydrogens (tertiary/aromatic N) is 1. The number of methoxy groups -OCH3 is 1. The van der Waals surface area contributed by atoms with E-state index in [1.54, 1.807) is 0 Å². The van der Waals surface area contributed by atoms with Gasteiger partial charge in [-0.05, 0) is 0 Å². The highest BCUT2D eigenvalue weighted by molar-refractivity contribution is 5.60. The van der Waals surface area contributed by atoms with Crippen molar-refractivity contribution >= 4 is 11.5 Å². The molecular formula is C9H13F3N4O3. The number of H-pyrrole nitrogens is 1. The van der Waals surface area contributed by atoms with Crippen LogP contribution in [0.4, 0.5) is 24.7 Å². The van der Waals surface area contributed by atoms with Crippen LogP contribution in [0, 0.1) is 0 Å². The summed E-state index contributed by atoms with van der Waals surface area (Å²) in [4.78, 5) is 24.7. The van der Waals surface area contributed by atoms with Gasteiger partial charge in [0.25, 0.3) is 5.56 Å². The molecule has 0 unspecified atom stereocenters. The van der Waals surface area contributed by atoms with Crippen molar-refractivity contribution in [1.82, 2.24) is 9.55 Å². The van der Waals surface area contributed by atoms with Gasteiger partial charge in [-0.3, -0.25) is 14.3 Å². The number of ether oxygens (including phenoxy) is 1. The molecule has 0 spiro atoms. The van der Waals surface area contributed by atoms with Crippen molar-refractivity contribution in [3.05, 3.63) is 20.8 Å². The number of anilines is 2. The van der Waals surface area contributed by atoms with Crippen molar-refractivity contribution in [3.8, 4) is 0 Å². The van der Waals surface area contributed by atoms with Gasteiger partial charge in [-0.2, -0.15) is 13.2 Å². The Morgan fingerprint density at radius 3 is 2.58 bits per heavy atom. The number of hydrogen-bond donors (Lipinski definition) is 3. The van der Waals surface area contributed by atoms with Gasteiger partial charge < -0.3 is 15.8 Å². The molecule has 1 rings (SSSR count). The summed E-state index contributed by atoms with van der Waals surface area (Å²) in [6.45, 7) is -1.30. The van der Waals surface area contributed by atoms with Crippen molar-refractivity contribution < 1.29 is 17.9 Å². The smallest absolute Gasteiger partial charge is 0.383 e. The van der Waals surface area contributed by atoms with Gasteiger partial charge in [0.2, 0.25) is 0 Å². The Hall–Kier alpha value is -1.97. The lowest BCUT2D eigenvalue weighted by Crippen LogP contribution is -2.36. The lowest BCUT2D eigenvalue weighted by molar-refractivity contribution is -0.115. The van der Waals surface area contributed by atoms with Crippen LogP contribution in [0.25, 0.3) is 0 Å². The Kier molecular flexibility index (Phi) is 4.59. The molecule has 4 N–H and O–H groups in total. The monoisotopic (exact) mass is 282 g/mol. The van der Waals surface area contributed by atoms with Crippen LogP contribution in [0.15, 0.2) is 9.59 Å². The third-order valence-electron chi connectivity index (χ3n) is 2.22. The number of rotatable bonds is 5. The highest BCUT2D eigenvalue weighted by Crippen LogP contribution is 2.17. The summed E-state index contributed by atoms with van der Waals surface area (Å²) < 4.78 is 41.9. The summed E-state index contributed by atoms with van der Waals surface area (Å²) in [6.07, 6.45) is -4.51. The van der Waals surface area contributed by atoms with Crippen molar-refractivity contribution in [2.75, 3.05) is 31.3 Å². The number of aromatic amines is 1. The molecule has 1 aromatic heterocycles. The molecule has 19 heavy (non-hydrogen) atoms. The van der Waals surface area contributed by atoms with E-state index < -0.39 is 29.7 Å². The molecule has 0 aliphatic heterocycles. The summed E-state index contributed by atoms with van der Waals surface area (Å²) in [7, 11) is 1.38. The summed E-state index contributed by atoms with van der Waals surface area (Å²) in [5, 5.41) is 1.87. The minimum Gasteiger partial charge on any atom is -0.383 e. The molecule has 108 valence electrons. The third kappa shape index (κ3) is 4.02. The molecule has 1 heterocycles. The van der Waals surface area contributed by atoms with E-state index in [4.69, 9.17) is 10.5 Å². The largest absolute Gasteiger partial charge is 0.405 e. The van der Waals surface area contributed by atoms with Crippen LogP contribution in [0.5, 0.6) is 0 Å². The van der Waals surface area contributed by atoms with E-state index in [2.05, 4.69) is 0 Å². The fourth-order valence-corrected chi connectivity index (χ4v) is 1.35. The van der Waals surface area contributed by atoms with Crippen molar-refractivity contribution in [2.24, 2.45) is 0 Å². The second-order valence-electron chi connectivity index (χ2n) is 3.63. The number of halogens is 3. The molecule has 0 amide bonds. The zero-order valence-electron chi connectivity index (χ0n) is 10.0. The molecule has 0 aliphatic rings. The number of nitrogen functional groups attached to an aromatic ring is 1. The highest BCUT2D eigenvalue weighted by Gasteiger charge is 2.28. The zero-order chi connectivity index (χ0) is 14.6. The fraction of sp³-hybridized carbons (Fsp3) is 0.556. The van der Waals surface area contributed by atoms with Crippen LogP contribution in [0.2, 0.25) is 0 Å². The number of alkyl halides is 3. The number of aromatic nitrogens is 2. The first-order valence-corrected chi connectivity index (χ1v) is 5.18. The summed E-state index contributed by atoms with van der Waals surface area (Å²) in [6, 6.07) is 0.